The van der Waals surface area contributed by atoms with Gasteiger partial charge < -0.3 is 11.1 Å². The van der Waals surface area contributed by atoms with Crippen LogP contribution < -0.4 is 22.3 Å². The van der Waals surface area contributed by atoms with Crippen molar-refractivity contribution in [3.8, 4) is 0 Å². The summed E-state index contributed by atoms with van der Waals surface area (Å²) in [5, 5.41) is 6.90. The van der Waals surface area contributed by atoms with Crippen LogP contribution in [0, 0.1) is 0 Å². The predicted molar refractivity (Wildman–Crippen MR) is 129 cm³/mol. The van der Waals surface area contributed by atoms with Crippen molar-refractivity contribution in [2.45, 2.75) is 12.7 Å². The number of rotatable bonds is 5. The molecule has 0 fully saturated rings. The first kappa shape index (κ1) is 22.2. The molecule has 0 saturated heterocycles. The van der Waals surface area contributed by atoms with E-state index in [9.17, 15) is 19.2 Å². The number of hydrogen-bond donors (Lipinski definition) is 2. The summed E-state index contributed by atoms with van der Waals surface area (Å²) in [5.74, 6) is -0.426. The third kappa shape index (κ3) is 3.96. The standard InChI is InChI=1S/C23H21N5O4S/c1-13(29)14-7-6-8-15(11-14)25-21(30)17-16(12-33-9-4-5-10-33)18-20(26-19(17)24)27(2)23(32)28(3)22(18)31/h4-11H,12H2,1-3H3,(H2-,24,25,26,30,31)/p+1. The summed E-state index contributed by atoms with van der Waals surface area (Å²) >= 11 is 0. The number of benzene rings is 1. The Balaban J connectivity index is 1.95. The fourth-order valence-electron chi connectivity index (χ4n) is 3.69. The van der Waals surface area contributed by atoms with E-state index in [1.807, 2.05) is 22.9 Å². The maximum absolute atomic E-state index is 13.4. The molecule has 1 aromatic carbocycles. The number of aromatic nitrogens is 3. The highest BCUT2D eigenvalue weighted by atomic mass is 32.2. The molecule has 168 valence electrons. The lowest BCUT2D eigenvalue weighted by molar-refractivity contribution is 0.101. The SMILES string of the molecule is CC(=O)c1cccc(NC(=O)c2c(N)nc3c(c2C[s+]2cccc2)c(=O)n(C)c(=O)n3C)c1. The van der Waals surface area contributed by atoms with Crippen LogP contribution in [-0.4, -0.2) is 25.8 Å². The fourth-order valence-corrected chi connectivity index (χ4v) is 5.18. The number of aryl methyl sites for hydroxylation is 1. The number of anilines is 2. The summed E-state index contributed by atoms with van der Waals surface area (Å²) in [6.45, 7) is 1.44. The molecule has 0 aliphatic heterocycles. The Bertz CT molecular complexity index is 1530. The van der Waals surface area contributed by atoms with E-state index in [0.717, 1.165) is 4.57 Å². The topological polar surface area (TPSA) is 129 Å². The smallest absolute Gasteiger partial charge is 0.332 e. The van der Waals surface area contributed by atoms with Gasteiger partial charge in [0.15, 0.2) is 17.2 Å². The molecule has 10 heteroatoms. The largest absolute Gasteiger partial charge is 0.383 e. The van der Waals surface area contributed by atoms with Gasteiger partial charge in [0.2, 0.25) is 0 Å². The minimum Gasteiger partial charge on any atom is -0.383 e. The number of fused-ring (bicyclic) bond motifs is 1. The Kier molecular flexibility index (Phi) is 5.69. The molecular weight excluding hydrogens is 442 g/mol. The maximum Gasteiger partial charge on any atom is 0.332 e. The minimum absolute atomic E-state index is 0.0766. The molecule has 4 aromatic rings. The lowest BCUT2D eigenvalue weighted by atomic mass is 10.1. The Labute approximate surface area is 191 Å². The molecule has 0 spiro atoms. The van der Waals surface area contributed by atoms with Crippen LogP contribution in [0.5, 0.6) is 0 Å². The van der Waals surface area contributed by atoms with Gasteiger partial charge in [0.1, 0.15) is 16.6 Å². The highest BCUT2D eigenvalue weighted by molar-refractivity contribution is 7.27. The number of carbonyl (C=O) groups is 2. The molecule has 0 aliphatic carbocycles. The van der Waals surface area contributed by atoms with Crippen molar-refractivity contribution >= 4 is 44.7 Å². The molecule has 0 aliphatic rings. The van der Waals surface area contributed by atoms with E-state index < -0.39 is 17.2 Å². The number of nitrogens with one attached hydrogen (secondary N) is 1. The van der Waals surface area contributed by atoms with E-state index in [1.54, 1.807) is 24.3 Å². The summed E-state index contributed by atoms with van der Waals surface area (Å²) in [4.78, 5) is 54.9. The molecule has 0 saturated carbocycles. The number of ketones is 1. The summed E-state index contributed by atoms with van der Waals surface area (Å²) in [6.07, 6.45) is 0. The van der Waals surface area contributed by atoms with E-state index in [-0.39, 0.29) is 38.7 Å². The molecule has 0 radical (unpaired) electrons. The summed E-state index contributed by atoms with van der Waals surface area (Å²) in [7, 11) is 2.53. The van der Waals surface area contributed by atoms with Crippen LogP contribution in [0.3, 0.4) is 0 Å². The third-order valence-electron chi connectivity index (χ3n) is 5.40. The number of nitrogen functional groups attached to an aromatic ring is 1. The van der Waals surface area contributed by atoms with Crippen molar-refractivity contribution in [1.29, 1.82) is 0 Å². The second-order valence-electron chi connectivity index (χ2n) is 7.62. The lowest BCUT2D eigenvalue weighted by Gasteiger charge is -2.15. The van der Waals surface area contributed by atoms with Gasteiger partial charge in [-0.05, 0) is 41.7 Å². The molecule has 33 heavy (non-hydrogen) atoms. The van der Waals surface area contributed by atoms with Gasteiger partial charge in [-0.1, -0.05) is 12.1 Å². The Hall–Kier alpha value is -4.05. The fraction of sp³-hybridized carbons (Fsp3) is 0.174. The minimum atomic E-state index is -0.552. The van der Waals surface area contributed by atoms with E-state index in [4.69, 9.17) is 5.73 Å². The molecular formula is C23H22N5O4S+. The van der Waals surface area contributed by atoms with E-state index in [0.29, 0.717) is 22.6 Å². The van der Waals surface area contributed by atoms with Gasteiger partial charge in [0.25, 0.3) is 11.5 Å². The van der Waals surface area contributed by atoms with Crippen molar-refractivity contribution in [1.82, 2.24) is 14.1 Å². The van der Waals surface area contributed by atoms with Gasteiger partial charge in [0, 0.05) is 30.9 Å². The molecule has 9 nitrogen and oxygen atoms in total. The van der Waals surface area contributed by atoms with Crippen molar-refractivity contribution in [2.75, 3.05) is 11.1 Å². The second-order valence-corrected chi connectivity index (χ2v) is 9.39. The molecule has 4 rings (SSSR count). The number of thiophene rings is 1. The number of Topliss-reactive ketones (excluding diaryl/α,β-unsaturated/α-hetero) is 1. The van der Waals surface area contributed by atoms with Crippen molar-refractivity contribution in [3.63, 3.8) is 0 Å². The molecule has 3 heterocycles. The molecule has 0 atom stereocenters. The first-order chi connectivity index (χ1) is 15.7. The predicted octanol–water partition coefficient (Wildman–Crippen LogP) is 2.47. The zero-order valence-electron chi connectivity index (χ0n) is 18.3. The second kappa shape index (κ2) is 8.47. The highest BCUT2D eigenvalue weighted by Crippen LogP contribution is 2.31. The normalized spacial score (nSPS) is 11.0. The van der Waals surface area contributed by atoms with E-state index in [2.05, 4.69) is 10.3 Å². The first-order valence-corrected chi connectivity index (χ1v) is 11.5. The molecule has 1 amide bonds. The summed E-state index contributed by atoms with van der Waals surface area (Å²) in [6, 6.07) is 10.3. The van der Waals surface area contributed by atoms with Crippen molar-refractivity contribution in [3.05, 3.63) is 84.7 Å². The maximum atomic E-state index is 13.4. The monoisotopic (exact) mass is 464 g/mol. The summed E-state index contributed by atoms with van der Waals surface area (Å²) in [5.41, 5.74) is 6.63. The van der Waals surface area contributed by atoms with Gasteiger partial charge in [-0.3, -0.25) is 23.5 Å². The number of nitrogens with two attached hydrogens (primary N) is 1. The van der Waals surface area contributed by atoms with Crippen LogP contribution in [0.4, 0.5) is 11.5 Å². The van der Waals surface area contributed by atoms with Crippen LogP contribution in [0.25, 0.3) is 11.0 Å². The van der Waals surface area contributed by atoms with Gasteiger partial charge in [-0.25, -0.2) is 9.78 Å². The Morgan fingerprint density at radius 1 is 1.09 bits per heavy atom. The first-order valence-electron chi connectivity index (χ1n) is 10.0. The number of pyridine rings is 1. The molecule has 3 N–H and O–H groups in total. The van der Waals surface area contributed by atoms with Gasteiger partial charge in [-0.15, -0.1) is 0 Å². The number of hydrogen-bond acceptors (Lipinski definition) is 6. The Morgan fingerprint density at radius 2 is 1.79 bits per heavy atom. The van der Waals surface area contributed by atoms with Gasteiger partial charge >= 0.3 is 5.69 Å². The van der Waals surface area contributed by atoms with Crippen LogP contribution in [-0.2, 0) is 19.8 Å². The zero-order chi connectivity index (χ0) is 23.9. The van der Waals surface area contributed by atoms with Crippen LogP contribution in [0.2, 0.25) is 0 Å². The van der Waals surface area contributed by atoms with Crippen molar-refractivity contribution < 1.29 is 9.59 Å². The van der Waals surface area contributed by atoms with Crippen LogP contribution >= 0.6 is 10.5 Å². The number of nitrogens with zero attached hydrogens (tertiary/aromatic N) is 3. The molecule has 3 aromatic heterocycles. The number of amides is 1. The summed E-state index contributed by atoms with van der Waals surface area (Å²) < 4.78 is 2.24. The highest BCUT2D eigenvalue weighted by Gasteiger charge is 2.27. The van der Waals surface area contributed by atoms with Crippen LogP contribution in [0.15, 0.2) is 56.7 Å². The van der Waals surface area contributed by atoms with Gasteiger partial charge in [-0.2, -0.15) is 0 Å². The van der Waals surface area contributed by atoms with E-state index >= 15 is 0 Å². The van der Waals surface area contributed by atoms with Gasteiger partial charge in [0.05, 0.1) is 10.9 Å². The third-order valence-corrected chi connectivity index (χ3v) is 7.04. The Morgan fingerprint density at radius 3 is 2.45 bits per heavy atom. The van der Waals surface area contributed by atoms with Crippen molar-refractivity contribution in [2.24, 2.45) is 14.1 Å². The average molecular weight is 465 g/mol. The molecule has 0 unspecified atom stereocenters. The van der Waals surface area contributed by atoms with Crippen LogP contribution in [0.1, 0.15) is 33.2 Å². The average Bonchev–Trinajstić information content (AvgIpc) is 3.29. The van der Waals surface area contributed by atoms with E-state index in [1.165, 1.54) is 25.6 Å². The molecule has 0 bridgehead atoms. The number of carbonyl (C=O) groups excluding carboxylic acids is 2. The zero-order valence-corrected chi connectivity index (χ0v) is 19.1. The quantitative estimate of drug-likeness (QED) is 0.345. The lowest BCUT2D eigenvalue weighted by Crippen LogP contribution is -2.38.